The number of amides is 1. The molecule has 1 unspecified atom stereocenters. The minimum Gasteiger partial charge on any atom is -0.320 e. The second-order valence-electron chi connectivity index (χ2n) is 3.19. The van der Waals surface area contributed by atoms with Gasteiger partial charge in [0.15, 0.2) is 0 Å². The van der Waals surface area contributed by atoms with E-state index >= 15 is 0 Å². The third-order valence-electron chi connectivity index (χ3n) is 2.25. The number of rotatable bonds is 1. The normalized spacial score (nSPS) is 23.6. The van der Waals surface area contributed by atoms with Crippen molar-refractivity contribution in [1.29, 1.82) is 0 Å². The fraction of sp³-hybridized carbons (Fsp3) is 0.444. The fourth-order valence-corrected chi connectivity index (χ4v) is 2.31. The second-order valence-corrected chi connectivity index (χ2v) is 4.12. The van der Waals surface area contributed by atoms with Crippen molar-refractivity contribution in [3.63, 3.8) is 0 Å². The van der Waals surface area contributed by atoms with Crippen LogP contribution in [-0.4, -0.2) is 18.5 Å². The molecule has 0 radical (unpaired) electrons. The highest BCUT2D eigenvalue weighted by molar-refractivity contribution is 7.14. The summed E-state index contributed by atoms with van der Waals surface area (Å²) in [5, 5.41) is 2.99. The van der Waals surface area contributed by atoms with Crippen molar-refractivity contribution in [3.8, 4) is 0 Å². The Hall–Kier alpha value is -0.870. The molecule has 0 saturated carbocycles. The van der Waals surface area contributed by atoms with Crippen molar-refractivity contribution in [3.05, 3.63) is 17.5 Å². The van der Waals surface area contributed by atoms with Crippen LogP contribution in [0.2, 0.25) is 0 Å². The summed E-state index contributed by atoms with van der Waals surface area (Å²) in [7, 11) is 0. The molecular formula is C9H12N2OS. The summed E-state index contributed by atoms with van der Waals surface area (Å²) in [5.74, 6) is 0.0636. The third kappa shape index (κ3) is 1.59. The quantitative estimate of drug-likeness (QED) is 0.733. The first-order valence-electron chi connectivity index (χ1n) is 4.39. The molecule has 1 saturated heterocycles. The van der Waals surface area contributed by atoms with Gasteiger partial charge in [0.2, 0.25) is 5.91 Å². The highest BCUT2D eigenvalue weighted by atomic mass is 32.1. The van der Waals surface area contributed by atoms with Crippen molar-refractivity contribution in [1.82, 2.24) is 0 Å². The van der Waals surface area contributed by atoms with Gasteiger partial charge >= 0.3 is 0 Å². The molecule has 1 fully saturated rings. The molecule has 1 aliphatic rings. The molecule has 13 heavy (non-hydrogen) atoms. The third-order valence-corrected chi connectivity index (χ3v) is 3.14. The maximum absolute atomic E-state index is 11.6. The van der Waals surface area contributed by atoms with E-state index in [1.54, 1.807) is 16.2 Å². The summed E-state index contributed by atoms with van der Waals surface area (Å²) in [6, 6.07) is 3.62. The molecule has 0 bridgehead atoms. The average Bonchev–Trinajstić information content (AvgIpc) is 2.62. The number of hydrogen-bond acceptors (Lipinski definition) is 3. The highest BCUT2D eigenvalue weighted by Crippen LogP contribution is 2.24. The van der Waals surface area contributed by atoms with Gasteiger partial charge in [-0.15, -0.1) is 11.3 Å². The number of hydrogen-bond donors (Lipinski definition) is 1. The Morgan fingerprint density at radius 3 is 3.15 bits per heavy atom. The van der Waals surface area contributed by atoms with Crippen molar-refractivity contribution in [2.24, 2.45) is 5.73 Å². The lowest BCUT2D eigenvalue weighted by Gasteiger charge is -2.29. The van der Waals surface area contributed by atoms with Crippen LogP contribution in [-0.2, 0) is 4.79 Å². The smallest absolute Gasteiger partial charge is 0.244 e. The summed E-state index contributed by atoms with van der Waals surface area (Å²) in [6.07, 6.45) is 1.82. The monoisotopic (exact) mass is 196 g/mol. The molecule has 2 rings (SSSR count). The van der Waals surface area contributed by atoms with Gasteiger partial charge < -0.3 is 10.6 Å². The zero-order valence-corrected chi connectivity index (χ0v) is 8.09. The van der Waals surface area contributed by atoms with Crippen LogP contribution in [0.25, 0.3) is 0 Å². The largest absolute Gasteiger partial charge is 0.320 e. The molecular weight excluding hydrogens is 184 g/mol. The fourth-order valence-electron chi connectivity index (χ4n) is 1.55. The molecule has 1 aromatic rings. The Bertz CT molecular complexity index is 297. The molecule has 0 spiro atoms. The predicted octanol–water partition coefficient (Wildman–Crippen LogP) is 1.20. The van der Waals surface area contributed by atoms with Crippen LogP contribution in [0, 0.1) is 0 Å². The molecule has 1 aliphatic heterocycles. The van der Waals surface area contributed by atoms with E-state index < -0.39 is 0 Å². The second kappa shape index (κ2) is 3.47. The molecule has 3 nitrogen and oxygen atoms in total. The first kappa shape index (κ1) is 8.72. The Kier molecular flexibility index (Phi) is 2.33. The van der Waals surface area contributed by atoms with Crippen LogP contribution < -0.4 is 10.6 Å². The molecule has 70 valence electrons. The van der Waals surface area contributed by atoms with E-state index in [0.29, 0.717) is 0 Å². The zero-order valence-electron chi connectivity index (χ0n) is 7.27. The summed E-state index contributed by atoms with van der Waals surface area (Å²) in [6.45, 7) is 0.813. The first-order valence-corrected chi connectivity index (χ1v) is 5.27. The van der Waals surface area contributed by atoms with Crippen LogP contribution in [0.1, 0.15) is 12.8 Å². The van der Waals surface area contributed by atoms with E-state index in [1.165, 1.54) is 0 Å². The SMILES string of the molecule is NC1CCCN(c2cccs2)C1=O. The van der Waals surface area contributed by atoms with E-state index in [-0.39, 0.29) is 11.9 Å². The first-order chi connectivity index (χ1) is 6.29. The Balaban J connectivity index is 2.19. The van der Waals surface area contributed by atoms with Crippen LogP contribution >= 0.6 is 11.3 Å². The lowest BCUT2D eigenvalue weighted by molar-refractivity contribution is -0.120. The van der Waals surface area contributed by atoms with Crippen LogP contribution in [0.5, 0.6) is 0 Å². The van der Waals surface area contributed by atoms with E-state index in [2.05, 4.69) is 0 Å². The van der Waals surface area contributed by atoms with Gasteiger partial charge in [-0.1, -0.05) is 0 Å². The summed E-state index contributed by atoms with van der Waals surface area (Å²) >= 11 is 1.58. The van der Waals surface area contributed by atoms with Gasteiger partial charge in [-0.3, -0.25) is 4.79 Å². The Morgan fingerprint density at radius 1 is 1.62 bits per heavy atom. The molecule has 4 heteroatoms. The van der Waals surface area contributed by atoms with Crippen LogP contribution in [0.3, 0.4) is 0 Å². The number of nitrogens with two attached hydrogens (primary N) is 1. The van der Waals surface area contributed by atoms with Crippen LogP contribution in [0.15, 0.2) is 17.5 Å². The summed E-state index contributed by atoms with van der Waals surface area (Å²) in [5.41, 5.74) is 5.69. The van der Waals surface area contributed by atoms with E-state index in [0.717, 1.165) is 24.4 Å². The molecule has 1 atom stereocenters. The van der Waals surface area contributed by atoms with Gasteiger partial charge in [0.1, 0.15) is 0 Å². The van der Waals surface area contributed by atoms with Gasteiger partial charge in [0, 0.05) is 6.54 Å². The average molecular weight is 196 g/mol. The number of piperidine rings is 1. The molecule has 1 amide bonds. The lowest BCUT2D eigenvalue weighted by atomic mass is 10.1. The van der Waals surface area contributed by atoms with Crippen molar-refractivity contribution >= 4 is 22.2 Å². The topological polar surface area (TPSA) is 46.3 Å². The van der Waals surface area contributed by atoms with E-state index in [1.807, 2.05) is 17.5 Å². The number of carbonyl (C=O) groups is 1. The van der Waals surface area contributed by atoms with Crippen molar-refractivity contribution < 1.29 is 4.79 Å². The maximum atomic E-state index is 11.6. The van der Waals surface area contributed by atoms with Gasteiger partial charge in [0.25, 0.3) is 0 Å². The summed E-state index contributed by atoms with van der Waals surface area (Å²) < 4.78 is 0. The Morgan fingerprint density at radius 2 is 2.46 bits per heavy atom. The standard InChI is InChI=1S/C9H12N2OS/c10-7-3-1-5-11(9(7)12)8-4-2-6-13-8/h2,4,6-7H,1,3,5,10H2. The van der Waals surface area contributed by atoms with Gasteiger partial charge in [-0.2, -0.15) is 0 Å². The molecule has 2 N–H and O–H groups in total. The van der Waals surface area contributed by atoms with Gasteiger partial charge in [-0.05, 0) is 30.4 Å². The van der Waals surface area contributed by atoms with Gasteiger partial charge in [-0.25, -0.2) is 0 Å². The Labute approximate surface area is 81.2 Å². The van der Waals surface area contributed by atoms with E-state index in [4.69, 9.17) is 5.73 Å². The maximum Gasteiger partial charge on any atom is 0.244 e. The zero-order chi connectivity index (χ0) is 9.26. The lowest BCUT2D eigenvalue weighted by Crippen LogP contribution is -2.48. The molecule has 1 aromatic heterocycles. The molecule has 0 aliphatic carbocycles. The highest BCUT2D eigenvalue weighted by Gasteiger charge is 2.26. The van der Waals surface area contributed by atoms with Crippen molar-refractivity contribution in [2.45, 2.75) is 18.9 Å². The number of carbonyl (C=O) groups excluding carboxylic acids is 1. The predicted molar refractivity (Wildman–Crippen MR) is 53.9 cm³/mol. The van der Waals surface area contributed by atoms with Crippen LogP contribution in [0.4, 0.5) is 5.00 Å². The minimum atomic E-state index is -0.296. The van der Waals surface area contributed by atoms with Crippen molar-refractivity contribution in [2.75, 3.05) is 11.4 Å². The number of thiophene rings is 1. The van der Waals surface area contributed by atoms with E-state index in [9.17, 15) is 4.79 Å². The van der Waals surface area contributed by atoms with Gasteiger partial charge in [0.05, 0.1) is 11.0 Å². The summed E-state index contributed by atoms with van der Waals surface area (Å²) in [4.78, 5) is 13.4. The number of anilines is 1. The number of nitrogens with zero attached hydrogens (tertiary/aromatic N) is 1. The molecule has 2 heterocycles. The minimum absolute atomic E-state index is 0.0636. The molecule has 0 aromatic carbocycles.